The molecule has 3 nitrogen and oxygen atoms in total. The van der Waals surface area contributed by atoms with E-state index in [1.165, 1.54) is 23.5 Å². The van der Waals surface area contributed by atoms with Crippen molar-refractivity contribution in [3.05, 3.63) is 46.7 Å². The van der Waals surface area contributed by atoms with Gasteiger partial charge in [-0.15, -0.1) is 22.9 Å². The van der Waals surface area contributed by atoms with Crippen molar-refractivity contribution in [2.75, 3.05) is 11.2 Å². The van der Waals surface area contributed by atoms with E-state index in [0.29, 0.717) is 17.4 Å². The molecule has 0 aliphatic rings. The van der Waals surface area contributed by atoms with Crippen LogP contribution in [0.3, 0.4) is 0 Å². The molecule has 1 heterocycles. The smallest absolute Gasteiger partial charge is 0.227 e. The molecule has 0 fully saturated rings. The summed E-state index contributed by atoms with van der Waals surface area (Å²) in [6.45, 7) is 0. The fraction of sp³-hybridized carbons (Fsp3) is 0.231. The zero-order chi connectivity index (χ0) is 13.7. The Morgan fingerprint density at radius 2 is 2.11 bits per heavy atom. The predicted molar refractivity (Wildman–Crippen MR) is 75.3 cm³/mol. The first-order valence-corrected chi connectivity index (χ1v) is 7.07. The predicted octanol–water partition coefficient (Wildman–Crippen LogP) is 3.44. The van der Waals surface area contributed by atoms with Gasteiger partial charge >= 0.3 is 0 Å². The standard InChI is InChI=1S/C13H12ClFN2OS/c14-6-5-12(18)17-13-16-8-11(19-13)7-9-1-3-10(15)4-2-9/h1-4,8H,5-7H2,(H,16,17,18). The lowest BCUT2D eigenvalue weighted by molar-refractivity contribution is -0.115. The molecule has 2 aromatic rings. The molecule has 0 spiro atoms. The van der Waals surface area contributed by atoms with Gasteiger partial charge in [0.15, 0.2) is 5.13 Å². The first kappa shape index (κ1) is 14.0. The summed E-state index contributed by atoms with van der Waals surface area (Å²) in [5.41, 5.74) is 1.00. The number of thiazole rings is 1. The van der Waals surface area contributed by atoms with Crippen LogP contribution in [0.25, 0.3) is 0 Å². The molecule has 0 bridgehead atoms. The fourth-order valence-corrected chi connectivity index (χ4v) is 2.55. The minimum absolute atomic E-state index is 0.141. The Labute approximate surface area is 119 Å². The number of rotatable bonds is 5. The van der Waals surface area contributed by atoms with Gasteiger partial charge < -0.3 is 5.32 Å². The Balaban J connectivity index is 1.97. The van der Waals surface area contributed by atoms with Crippen molar-refractivity contribution in [3.63, 3.8) is 0 Å². The molecule has 0 saturated carbocycles. The van der Waals surface area contributed by atoms with Crippen molar-refractivity contribution in [3.8, 4) is 0 Å². The minimum Gasteiger partial charge on any atom is -0.302 e. The quantitative estimate of drug-likeness (QED) is 0.859. The lowest BCUT2D eigenvalue weighted by Crippen LogP contribution is -2.11. The average molecular weight is 299 g/mol. The molecule has 1 N–H and O–H groups in total. The van der Waals surface area contributed by atoms with E-state index in [1.807, 2.05) is 0 Å². The summed E-state index contributed by atoms with van der Waals surface area (Å²) in [6.07, 6.45) is 2.65. The Kier molecular flexibility index (Phi) is 4.87. The molecule has 0 unspecified atom stereocenters. The molecule has 6 heteroatoms. The lowest BCUT2D eigenvalue weighted by atomic mass is 10.1. The highest BCUT2D eigenvalue weighted by molar-refractivity contribution is 7.15. The highest BCUT2D eigenvalue weighted by atomic mass is 35.5. The van der Waals surface area contributed by atoms with Gasteiger partial charge in [-0.05, 0) is 17.7 Å². The third kappa shape index (κ3) is 4.29. The molecule has 0 aliphatic heterocycles. The van der Waals surface area contributed by atoms with Gasteiger partial charge in [0.1, 0.15) is 5.82 Å². The van der Waals surface area contributed by atoms with Gasteiger partial charge in [0, 0.05) is 29.8 Å². The number of hydrogen-bond donors (Lipinski definition) is 1. The van der Waals surface area contributed by atoms with Gasteiger partial charge in [-0.2, -0.15) is 0 Å². The summed E-state index contributed by atoms with van der Waals surface area (Å²) in [5, 5.41) is 3.24. The zero-order valence-corrected chi connectivity index (χ0v) is 11.6. The van der Waals surface area contributed by atoms with Gasteiger partial charge in [-0.3, -0.25) is 4.79 Å². The summed E-state index contributed by atoms with van der Waals surface area (Å²) in [7, 11) is 0. The van der Waals surface area contributed by atoms with Crippen molar-refractivity contribution < 1.29 is 9.18 Å². The third-order valence-electron chi connectivity index (χ3n) is 2.41. The maximum atomic E-state index is 12.8. The number of amides is 1. The second kappa shape index (κ2) is 6.63. The van der Waals surface area contributed by atoms with Crippen LogP contribution < -0.4 is 5.32 Å². The molecule has 0 radical (unpaired) electrons. The van der Waals surface area contributed by atoms with Gasteiger partial charge in [0.25, 0.3) is 0 Å². The maximum Gasteiger partial charge on any atom is 0.227 e. The molecular weight excluding hydrogens is 287 g/mol. The van der Waals surface area contributed by atoms with Crippen molar-refractivity contribution >= 4 is 34.0 Å². The summed E-state index contributed by atoms with van der Waals surface area (Å²) >= 11 is 6.89. The summed E-state index contributed by atoms with van der Waals surface area (Å²) in [5.74, 6) is -0.0978. The van der Waals surface area contributed by atoms with E-state index in [1.54, 1.807) is 18.3 Å². The molecule has 1 amide bonds. The van der Waals surface area contributed by atoms with Crippen molar-refractivity contribution in [2.45, 2.75) is 12.8 Å². The second-order valence-electron chi connectivity index (χ2n) is 3.92. The topological polar surface area (TPSA) is 42.0 Å². The van der Waals surface area contributed by atoms with E-state index >= 15 is 0 Å². The number of halogens is 2. The van der Waals surface area contributed by atoms with Gasteiger partial charge in [-0.25, -0.2) is 9.37 Å². The van der Waals surface area contributed by atoms with Gasteiger partial charge in [-0.1, -0.05) is 12.1 Å². The number of benzene rings is 1. The minimum atomic E-state index is -0.248. The largest absolute Gasteiger partial charge is 0.302 e. The van der Waals surface area contributed by atoms with Gasteiger partial charge in [0.05, 0.1) is 0 Å². The molecule has 100 valence electrons. The van der Waals surface area contributed by atoms with Crippen molar-refractivity contribution in [1.82, 2.24) is 4.98 Å². The summed E-state index contributed by atoms with van der Waals surface area (Å²) < 4.78 is 12.8. The van der Waals surface area contributed by atoms with Crippen LogP contribution in [0.5, 0.6) is 0 Å². The van der Waals surface area contributed by atoms with Crippen LogP contribution in [0, 0.1) is 5.82 Å². The van der Waals surface area contributed by atoms with E-state index in [9.17, 15) is 9.18 Å². The van der Waals surface area contributed by atoms with Crippen molar-refractivity contribution in [2.24, 2.45) is 0 Å². The number of carbonyl (C=O) groups is 1. The average Bonchev–Trinajstić information content (AvgIpc) is 2.80. The van der Waals surface area contributed by atoms with Crippen LogP contribution in [0.2, 0.25) is 0 Å². The molecule has 0 saturated heterocycles. The van der Waals surface area contributed by atoms with Crippen LogP contribution in [0.1, 0.15) is 16.9 Å². The highest BCUT2D eigenvalue weighted by Crippen LogP contribution is 2.21. The third-order valence-corrected chi connectivity index (χ3v) is 3.51. The Morgan fingerprint density at radius 3 is 2.79 bits per heavy atom. The first-order valence-electron chi connectivity index (χ1n) is 5.72. The van der Waals surface area contributed by atoms with Crippen LogP contribution in [-0.2, 0) is 11.2 Å². The zero-order valence-electron chi connectivity index (χ0n) is 10.0. The maximum absolute atomic E-state index is 12.8. The number of aromatic nitrogens is 1. The van der Waals surface area contributed by atoms with E-state index in [0.717, 1.165) is 10.4 Å². The Morgan fingerprint density at radius 1 is 1.37 bits per heavy atom. The Bertz CT molecular complexity index is 556. The van der Waals surface area contributed by atoms with Crippen LogP contribution in [0.15, 0.2) is 30.5 Å². The number of carbonyl (C=O) groups excluding carboxylic acids is 1. The molecule has 0 atom stereocenters. The SMILES string of the molecule is O=C(CCCl)Nc1ncc(Cc2ccc(F)cc2)s1. The second-order valence-corrected chi connectivity index (χ2v) is 5.42. The van der Waals surface area contributed by atoms with Crippen molar-refractivity contribution in [1.29, 1.82) is 0 Å². The summed E-state index contributed by atoms with van der Waals surface area (Å²) in [6, 6.07) is 6.33. The van der Waals surface area contributed by atoms with Crippen LogP contribution in [0.4, 0.5) is 9.52 Å². The molecule has 1 aromatic heterocycles. The number of nitrogens with zero attached hydrogens (tertiary/aromatic N) is 1. The molecule has 2 rings (SSSR count). The summed E-state index contributed by atoms with van der Waals surface area (Å²) in [4.78, 5) is 16.5. The van der Waals surface area contributed by atoms with Gasteiger partial charge in [0.2, 0.25) is 5.91 Å². The first-order chi connectivity index (χ1) is 9.17. The van der Waals surface area contributed by atoms with E-state index in [-0.39, 0.29) is 18.1 Å². The fourth-order valence-electron chi connectivity index (χ4n) is 1.52. The number of hydrogen-bond acceptors (Lipinski definition) is 3. The number of anilines is 1. The lowest BCUT2D eigenvalue weighted by Gasteiger charge is -1.98. The van der Waals surface area contributed by atoms with Crippen LogP contribution in [-0.4, -0.2) is 16.8 Å². The number of nitrogens with one attached hydrogen (secondary N) is 1. The van der Waals surface area contributed by atoms with E-state index in [4.69, 9.17) is 11.6 Å². The molecule has 19 heavy (non-hydrogen) atoms. The molecule has 0 aliphatic carbocycles. The molecule has 1 aromatic carbocycles. The number of alkyl halides is 1. The van der Waals surface area contributed by atoms with Crippen LogP contribution >= 0.6 is 22.9 Å². The molecular formula is C13H12ClFN2OS. The monoisotopic (exact) mass is 298 g/mol. The van der Waals surface area contributed by atoms with E-state index < -0.39 is 0 Å². The normalized spacial score (nSPS) is 10.4. The van der Waals surface area contributed by atoms with E-state index in [2.05, 4.69) is 10.3 Å². The Hall–Kier alpha value is -1.46. The highest BCUT2D eigenvalue weighted by Gasteiger charge is 2.06.